The molecule has 3 N–H and O–H groups in total. The molecule has 7 nitrogen and oxygen atoms in total. The molecule has 1 saturated carbocycles. The third-order valence-electron chi connectivity index (χ3n) is 5.03. The Morgan fingerprint density at radius 3 is 2.63 bits per heavy atom. The lowest BCUT2D eigenvalue weighted by Crippen LogP contribution is -2.22. The Morgan fingerprint density at radius 1 is 1.26 bits per heavy atom. The molecule has 0 aromatic carbocycles. The number of carboxylic acid groups (broad SMARTS) is 1. The van der Waals surface area contributed by atoms with Crippen LogP contribution in [-0.4, -0.2) is 27.9 Å². The first-order valence-corrected chi connectivity index (χ1v) is 9.68. The van der Waals surface area contributed by atoms with Crippen LogP contribution in [0.2, 0.25) is 0 Å². The predicted molar refractivity (Wildman–Crippen MR) is 102 cm³/mol. The number of hydrogen-bond donors (Lipinski definition) is 2. The maximum Gasteiger partial charge on any atom is 0.338 e. The molecule has 1 fully saturated rings. The van der Waals surface area contributed by atoms with E-state index in [0.717, 1.165) is 18.4 Å². The van der Waals surface area contributed by atoms with Crippen LogP contribution in [0.3, 0.4) is 0 Å². The van der Waals surface area contributed by atoms with E-state index in [2.05, 4.69) is 10.1 Å². The lowest BCUT2D eigenvalue weighted by molar-refractivity contribution is -0.153. The smallest absolute Gasteiger partial charge is 0.338 e. The maximum atomic E-state index is 12.3. The molecule has 0 saturated heterocycles. The van der Waals surface area contributed by atoms with Gasteiger partial charge in [0, 0.05) is 18.8 Å². The summed E-state index contributed by atoms with van der Waals surface area (Å²) in [7, 11) is 0. The Labute approximate surface area is 160 Å². The van der Waals surface area contributed by atoms with E-state index in [4.69, 9.17) is 15.7 Å². The second-order valence-corrected chi connectivity index (χ2v) is 7.25. The molecule has 0 aliphatic heterocycles. The third kappa shape index (κ3) is 8.19. The number of rotatable bonds is 10. The summed E-state index contributed by atoms with van der Waals surface area (Å²) < 4.78 is 0. The van der Waals surface area contributed by atoms with Crippen LogP contribution in [0.15, 0.2) is 29.7 Å². The molecule has 0 spiro atoms. The Balaban J connectivity index is 1.81. The highest BCUT2D eigenvalue weighted by Gasteiger charge is 2.24. The number of pyridine rings is 1. The minimum atomic E-state index is -1.01. The minimum Gasteiger partial charge on any atom is -0.481 e. The van der Waals surface area contributed by atoms with Gasteiger partial charge in [-0.2, -0.15) is 0 Å². The molecular formula is C20H29N3O4. The van der Waals surface area contributed by atoms with Crippen molar-refractivity contribution in [2.24, 2.45) is 22.7 Å². The highest BCUT2D eigenvalue weighted by atomic mass is 16.7. The number of aromatic nitrogens is 1. The number of oxime groups is 1. The highest BCUT2D eigenvalue weighted by molar-refractivity contribution is 5.84. The van der Waals surface area contributed by atoms with E-state index < -0.39 is 17.9 Å². The van der Waals surface area contributed by atoms with Crippen LogP contribution in [0, 0.1) is 11.8 Å². The van der Waals surface area contributed by atoms with Gasteiger partial charge in [0.1, 0.15) is 5.84 Å². The zero-order chi connectivity index (χ0) is 19.5. The average molecular weight is 375 g/mol. The maximum absolute atomic E-state index is 12.3. The topological polar surface area (TPSA) is 115 Å². The van der Waals surface area contributed by atoms with Gasteiger partial charge in [0.25, 0.3) is 0 Å². The summed E-state index contributed by atoms with van der Waals surface area (Å²) in [5.74, 6) is -1.47. The quantitative estimate of drug-likeness (QED) is 0.281. The average Bonchev–Trinajstić information content (AvgIpc) is 2.66. The largest absolute Gasteiger partial charge is 0.481 e. The standard InChI is InChI=1S/C20H29N3O4/c21-18(13-16-9-11-22-12-10-16)23-27-20(26)17(14-19(24)25)8-4-7-15-5-2-1-3-6-15/h9-12,15,17H,1-8,13-14H2,(H2,21,23)(H,24,25)/t17-/m1/s1. The molecule has 148 valence electrons. The van der Waals surface area contributed by atoms with E-state index in [-0.39, 0.29) is 12.3 Å². The summed E-state index contributed by atoms with van der Waals surface area (Å²) >= 11 is 0. The first kappa shape index (κ1) is 20.9. The molecule has 7 heteroatoms. The van der Waals surface area contributed by atoms with Crippen molar-refractivity contribution < 1.29 is 19.5 Å². The number of carbonyl (C=O) groups is 2. The summed E-state index contributed by atoms with van der Waals surface area (Å²) in [6.45, 7) is 0. The van der Waals surface area contributed by atoms with E-state index in [1.54, 1.807) is 24.5 Å². The summed E-state index contributed by atoms with van der Waals surface area (Å²) in [4.78, 5) is 32.2. The lowest BCUT2D eigenvalue weighted by Gasteiger charge is -2.22. The normalized spacial score (nSPS) is 16.7. The molecule has 0 radical (unpaired) electrons. The van der Waals surface area contributed by atoms with Gasteiger partial charge in [0.05, 0.1) is 12.3 Å². The van der Waals surface area contributed by atoms with Crippen LogP contribution in [0.5, 0.6) is 0 Å². The van der Waals surface area contributed by atoms with Gasteiger partial charge in [0.15, 0.2) is 0 Å². The number of amidine groups is 1. The van der Waals surface area contributed by atoms with Gasteiger partial charge in [-0.15, -0.1) is 0 Å². The van der Waals surface area contributed by atoms with Crippen molar-refractivity contribution in [2.45, 2.75) is 64.2 Å². The van der Waals surface area contributed by atoms with Gasteiger partial charge >= 0.3 is 11.9 Å². The molecule has 1 aromatic heterocycles. The Kier molecular flexibility index (Phi) is 8.74. The van der Waals surface area contributed by atoms with Crippen molar-refractivity contribution in [3.8, 4) is 0 Å². The zero-order valence-corrected chi connectivity index (χ0v) is 15.7. The van der Waals surface area contributed by atoms with E-state index in [9.17, 15) is 9.59 Å². The Hall–Kier alpha value is -2.44. The van der Waals surface area contributed by atoms with Crippen LogP contribution in [0.1, 0.15) is 63.4 Å². The number of carbonyl (C=O) groups excluding carboxylic acids is 1. The molecule has 1 heterocycles. The van der Waals surface area contributed by atoms with Gasteiger partial charge in [-0.25, -0.2) is 4.79 Å². The summed E-state index contributed by atoms with van der Waals surface area (Å²) in [5, 5.41) is 12.8. The Bertz CT molecular complexity index is 627. The number of nitrogens with two attached hydrogens (primary N) is 1. The molecule has 2 rings (SSSR count). The van der Waals surface area contributed by atoms with Crippen molar-refractivity contribution in [3.63, 3.8) is 0 Å². The number of hydrogen-bond acceptors (Lipinski definition) is 5. The van der Waals surface area contributed by atoms with Gasteiger partial charge in [-0.3, -0.25) is 9.78 Å². The molecular weight excluding hydrogens is 346 g/mol. The second kappa shape index (κ2) is 11.3. The minimum absolute atomic E-state index is 0.158. The van der Waals surface area contributed by atoms with Gasteiger partial charge in [-0.1, -0.05) is 50.1 Å². The summed E-state index contributed by atoms with van der Waals surface area (Å²) in [5.41, 5.74) is 6.69. The summed E-state index contributed by atoms with van der Waals surface area (Å²) in [6.07, 6.45) is 12.1. The van der Waals surface area contributed by atoms with Crippen LogP contribution in [0.25, 0.3) is 0 Å². The van der Waals surface area contributed by atoms with Crippen molar-refractivity contribution >= 4 is 17.8 Å². The van der Waals surface area contributed by atoms with Crippen molar-refractivity contribution in [1.82, 2.24) is 4.98 Å². The van der Waals surface area contributed by atoms with Gasteiger partial charge in [0.2, 0.25) is 0 Å². The molecule has 1 aliphatic carbocycles. The van der Waals surface area contributed by atoms with E-state index >= 15 is 0 Å². The van der Waals surface area contributed by atoms with Gasteiger partial charge < -0.3 is 15.7 Å². The first-order chi connectivity index (χ1) is 13.0. The third-order valence-corrected chi connectivity index (χ3v) is 5.03. The monoisotopic (exact) mass is 375 g/mol. The van der Waals surface area contributed by atoms with Crippen molar-refractivity contribution in [1.29, 1.82) is 0 Å². The Morgan fingerprint density at radius 2 is 1.96 bits per heavy atom. The molecule has 0 unspecified atom stereocenters. The molecule has 0 amide bonds. The fourth-order valence-electron chi connectivity index (χ4n) is 3.56. The van der Waals surface area contributed by atoms with E-state index in [0.29, 0.717) is 18.8 Å². The zero-order valence-electron chi connectivity index (χ0n) is 15.7. The van der Waals surface area contributed by atoms with Crippen LogP contribution < -0.4 is 5.73 Å². The number of aliphatic carboxylic acids is 1. The van der Waals surface area contributed by atoms with E-state index in [1.165, 1.54) is 32.1 Å². The van der Waals surface area contributed by atoms with Gasteiger partial charge in [-0.05, 0) is 30.0 Å². The highest BCUT2D eigenvalue weighted by Crippen LogP contribution is 2.29. The van der Waals surface area contributed by atoms with Crippen molar-refractivity contribution in [2.75, 3.05) is 0 Å². The fraction of sp³-hybridized carbons (Fsp3) is 0.600. The first-order valence-electron chi connectivity index (χ1n) is 9.68. The summed E-state index contributed by atoms with van der Waals surface area (Å²) in [6, 6.07) is 3.59. The second-order valence-electron chi connectivity index (χ2n) is 7.25. The molecule has 1 aromatic rings. The van der Waals surface area contributed by atoms with E-state index in [1.807, 2.05) is 0 Å². The molecule has 1 aliphatic rings. The lowest BCUT2D eigenvalue weighted by atomic mass is 9.84. The van der Waals surface area contributed by atoms with Crippen LogP contribution >= 0.6 is 0 Å². The number of carboxylic acids is 1. The van der Waals surface area contributed by atoms with Crippen LogP contribution in [0.4, 0.5) is 0 Å². The SMILES string of the molecule is N/C(Cc1ccncc1)=N\OC(=O)[C@H](CCCC1CCCCC1)CC(=O)O. The van der Waals surface area contributed by atoms with Crippen LogP contribution in [-0.2, 0) is 20.8 Å². The molecule has 0 bridgehead atoms. The molecule has 27 heavy (non-hydrogen) atoms. The molecule has 1 atom stereocenters. The van der Waals surface area contributed by atoms with Crippen molar-refractivity contribution in [3.05, 3.63) is 30.1 Å². The fourth-order valence-corrected chi connectivity index (χ4v) is 3.56. The number of nitrogens with zero attached hydrogens (tertiary/aromatic N) is 2. The predicted octanol–water partition coefficient (Wildman–Crippen LogP) is 3.28.